The minimum atomic E-state index is -0.910. The Bertz CT molecular complexity index is 483. The molecule has 0 saturated carbocycles. The second kappa shape index (κ2) is 6.21. The number of carbonyl (C=O) groups excluding carboxylic acids is 1. The highest BCUT2D eigenvalue weighted by molar-refractivity contribution is 7.99. The maximum atomic E-state index is 12.3. The first-order valence-electron chi connectivity index (χ1n) is 5.66. The number of nitrogens with zero attached hydrogens (tertiary/aromatic N) is 3. The van der Waals surface area contributed by atoms with Crippen LogP contribution in [-0.2, 0) is 4.79 Å². The number of halogens is 1. The molecule has 6 nitrogen and oxygen atoms in total. The summed E-state index contributed by atoms with van der Waals surface area (Å²) in [6, 6.07) is -0.304. The van der Waals surface area contributed by atoms with Gasteiger partial charge >= 0.3 is 5.97 Å². The number of carbonyl (C=O) groups is 2. The van der Waals surface area contributed by atoms with Gasteiger partial charge in [0, 0.05) is 18.1 Å². The molecular formula is C11H12ClN3O3S. The molecule has 1 aromatic heterocycles. The minimum Gasteiger partial charge on any atom is -0.481 e. The second-order valence-corrected chi connectivity index (χ2v) is 5.59. The molecule has 1 amide bonds. The molecule has 1 fully saturated rings. The summed E-state index contributed by atoms with van der Waals surface area (Å²) in [5.41, 5.74) is 0.187. The summed E-state index contributed by atoms with van der Waals surface area (Å²) in [4.78, 5) is 32.4. The van der Waals surface area contributed by atoms with E-state index in [-0.39, 0.29) is 29.2 Å². The molecule has 1 aliphatic rings. The van der Waals surface area contributed by atoms with Crippen molar-refractivity contribution in [3.05, 3.63) is 23.2 Å². The van der Waals surface area contributed by atoms with Gasteiger partial charge in [0.05, 0.1) is 24.9 Å². The summed E-state index contributed by atoms with van der Waals surface area (Å²) in [6.45, 7) is 0.520. The average Bonchev–Trinajstić information content (AvgIpc) is 2.39. The highest BCUT2D eigenvalue weighted by Crippen LogP contribution is 2.20. The van der Waals surface area contributed by atoms with Gasteiger partial charge in [0.1, 0.15) is 10.8 Å². The molecule has 8 heteroatoms. The topological polar surface area (TPSA) is 83.4 Å². The minimum absolute atomic E-state index is 0.0558. The van der Waals surface area contributed by atoms with Gasteiger partial charge in [0.15, 0.2) is 0 Å². The van der Waals surface area contributed by atoms with Gasteiger partial charge < -0.3 is 10.0 Å². The number of hydrogen-bond donors (Lipinski definition) is 1. The largest absolute Gasteiger partial charge is 0.481 e. The van der Waals surface area contributed by atoms with E-state index in [1.165, 1.54) is 12.4 Å². The number of hydrogen-bond acceptors (Lipinski definition) is 5. The second-order valence-electron chi connectivity index (χ2n) is 4.05. The Hall–Kier alpha value is -1.34. The Labute approximate surface area is 119 Å². The van der Waals surface area contributed by atoms with Crippen LogP contribution in [0, 0.1) is 0 Å². The molecule has 0 aromatic carbocycles. The predicted octanol–water partition coefficient (Wildman–Crippen LogP) is 1.16. The van der Waals surface area contributed by atoms with Crippen molar-refractivity contribution in [3.8, 4) is 0 Å². The Morgan fingerprint density at radius 3 is 2.89 bits per heavy atom. The molecular weight excluding hydrogens is 290 g/mol. The highest BCUT2D eigenvalue weighted by Gasteiger charge is 2.30. The first-order chi connectivity index (χ1) is 9.08. The van der Waals surface area contributed by atoms with Crippen LogP contribution >= 0.6 is 23.4 Å². The zero-order valence-corrected chi connectivity index (χ0v) is 11.5. The summed E-state index contributed by atoms with van der Waals surface area (Å²) in [5.74, 6) is 0.213. The van der Waals surface area contributed by atoms with Crippen molar-refractivity contribution in [1.29, 1.82) is 0 Å². The van der Waals surface area contributed by atoms with Crippen LogP contribution < -0.4 is 0 Å². The standard InChI is InChI=1S/C11H12ClN3O3S/c12-9-5-13-8(4-14-9)11(18)15-1-2-19-6-7(15)3-10(16)17/h4-5,7H,1-3,6H2,(H,16,17). The van der Waals surface area contributed by atoms with Crippen molar-refractivity contribution in [2.24, 2.45) is 0 Å². The SMILES string of the molecule is O=C(O)CC1CSCCN1C(=O)c1cnc(Cl)cn1. The molecule has 0 bridgehead atoms. The monoisotopic (exact) mass is 301 g/mol. The van der Waals surface area contributed by atoms with Crippen molar-refractivity contribution in [3.63, 3.8) is 0 Å². The van der Waals surface area contributed by atoms with Crippen molar-refractivity contribution >= 4 is 35.2 Å². The highest BCUT2D eigenvalue weighted by atomic mass is 35.5. The molecule has 0 radical (unpaired) electrons. The van der Waals surface area contributed by atoms with E-state index < -0.39 is 5.97 Å². The van der Waals surface area contributed by atoms with Crippen LogP contribution in [0.4, 0.5) is 0 Å². The Morgan fingerprint density at radius 1 is 1.47 bits per heavy atom. The van der Waals surface area contributed by atoms with Gasteiger partial charge in [-0.05, 0) is 0 Å². The van der Waals surface area contributed by atoms with Crippen LogP contribution in [0.5, 0.6) is 0 Å². The molecule has 1 atom stereocenters. The number of carboxylic acids is 1. The summed E-state index contributed by atoms with van der Waals surface area (Å²) in [6.07, 6.45) is 2.56. The quantitative estimate of drug-likeness (QED) is 0.902. The fourth-order valence-electron chi connectivity index (χ4n) is 1.86. The van der Waals surface area contributed by atoms with Crippen molar-refractivity contribution in [1.82, 2.24) is 14.9 Å². The summed E-state index contributed by atoms with van der Waals surface area (Å²) in [7, 11) is 0. The Balaban J connectivity index is 2.15. The molecule has 1 N–H and O–H groups in total. The van der Waals surface area contributed by atoms with Gasteiger partial charge in [-0.3, -0.25) is 9.59 Å². The van der Waals surface area contributed by atoms with Crippen LogP contribution in [0.15, 0.2) is 12.4 Å². The number of amides is 1. The van der Waals surface area contributed by atoms with Gasteiger partial charge in [-0.2, -0.15) is 11.8 Å². The molecule has 1 aromatic rings. The van der Waals surface area contributed by atoms with E-state index in [9.17, 15) is 9.59 Å². The molecule has 2 rings (SSSR count). The lowest BCUT2D eigenvalue weighted by atomic mass is 10.2. The van der Waals surface area contributed by atoms with E-state index in [4.69, 9.17) is 16.7 Å². The molecule has 2 heterocycles. The van der Waals surface area contributed by atoms with E-state index in [0.717, 1.165) is 5.75 Å². The summed E-state index contributed by atoms with van der Waals surface area (Å²) >= 11 is 7.27. The van der Waals surface area contributed by atoms with E-state index in [1.54, 1.807) is 16.7 Å². The van der Waals surface area contributed by atoms with Crippen LogP contribution in [0.3, 0.4) is 0 Å². The summed E-state index contributed by atoms with van der Waals surface area (Å²) < 4.78 is 0. The van der Waals surface area contributed by atoms with Crippen LogP contribution in [0.25, 0.3) is 0 Å². The smallest absolute Gasteiger partial charge is 0.305 e. The van der Waals surface area contributed by atoms with Gasteiger partial charge in [-0.15, -0.1) is 0 Å². The third-order valence-corrected chi connectivity index (χ3v) is 4.02. The fraction of sp³-hybridized carbons (Fsp3) is 0.455. The zero-order valence-electron chi connectivity index (χ0n) is 9.95. The molecule has 0 aliphatic carbocycles. The Morgan fingerprint density at radius 2 is 2.26 bits per heavy atom. The number of thioether (sulfide) groups is 1. The number of aromatic nitrogens is 2. The molecule has 1 aliphatic heterocycles. The van der Waals surface area contributed by atoms with Gasteiger partial charge in [-0.1, -0.05) is 11.6 Å². The van der Waals surface area contributed by atoms with E-state index >= 15 is 0 Å². The Kier molecular flexibility index (Phi) is 4.60. The van der Waals surface area contributed by atoms with Crippen molar-refractivity contribution in [2.45, 2.75) is 12.5 Å². The third-order valence-electron chi connectivity index (χ3n) is 2.74. The molecule has 1 saturated heterocycles. The first kappa shape index (κ1) is 14.1. The first-order valence-corrected chi connectivity index (χ1v) is 7.19. The van der Waals surface area contributed by atoms with Gasteiger partial charge in [-0.25, -0.2) is 9.97 Å². The maximum Gasteiger partial charge on any atom is 0.305 e. The number of rotatable bonds is 3. The molecule has 1 unspecified atom stereocenters. The summed E-state index contributed by atoms with van der Waals surface area (Å²) in [5, 5.41) is 9.10. The van der Waals surface area contributed by atoms with Crippen LogP contribution in [-0.4, -0.2) is 55.9 Å². The van der Waals surface area contributed by atoms with E-state index in [2.05, 4.69) is 9.97 Å². The fourth-order valence-corrected chi connectivity index (χ4v) is 3.02. The lowest BCUT2D eigenvalue weighted by Crippen LogP contribution is -2.47. The molecule has 19 heavy (non-hydrogen) atoms. The lowest BCUT2D eigenvalue weighted by Gasteiger charge is -2.34. The molecule has 102 valence electrons. The van der Waals surface area contributed by atoms with Gasteiger partial charge in [0.25, 0.3) is 5.91 Å². The normalized spacial score (nSPS) is 19.2. The number of carboxylic acid groups (broad SMARTS) is 1. The third kappa shape index (κ3) is 3.57. The maximum absolute atomic E-state index is 12.3. The lowest BCUT2D eigenvalue weighted by molar-refractivity contribution is -0.138. The van der Waals surface area contributed by atoms with Crippen LogP contribution in [0.1, 0.15) is 16.9 Å². The average molecular weight is 302 g/mol. The predicted molar refractivity (Wildman–Crippen MR) is 71.4 cm³/mol. The van der Waals surface area contributed by atoms with E-state index in [1.807, 2.05) is 0 Å². The van der Waals surface area contributed by atoms with Crippen molar-refractivity contribution in [2.75, 3.05) is 18.1 Å². The van der Waals surface area contributed by atoms with Crippen molar-refractivity contribution < 1.29 is 14.7 Å². The molecule has 0 spiro atoms. The van der Waals surface area contributed by atoms with Gasteiger partial charge in [0.2, 0.25) is 0 Å². The number of aliphatic carboxylic acids is 1. The zero-order chi connectivity index (χ0) is 13.8. The van der Waals surface area contributed by atoms with E-state index in [0.29, 0.717) is 12.3 Å². The van der Waals surface area contributed by atoms with Crippen LogP contribution in [0.2, 0.25) is 5.15 Å².